The fourth-order valence-electron chi connectivity index (χ4n) is 2.66. The summed E-state index contributed by atoms with van der Waals surface area (Å²) in [5.74, 6) is 0.816. The molecule has 1 aliphatic rings. The number of carbonyl (C=O) groups is 1. The Kier molecular flexibility index (Phi) is 5.81. The van der Waals surface area contributed by atoms with E-state index in [0.29, 0.717) is 22.7 Å². The number of sulfonamides is 1. The minimum Gasteiger partial charge on any atom is -0.454 e. The summed E-state index contributed by atoms with van der Waals surface area (Å²) in [6.07, 6.45) is 3.02. The lowest BCUT2D eigenvalue weighted by Gasteiger charge is -2.19. The second-order valence-electron chi connectivity index (χ2n) is 5.95. The van der Waals surface area contributed by atoms with Crippen LogP contribution in [0.25, 0.3) is 0 Å². The van der Waals surface area contributed by atoms with Crippen molar-refractivity contribution in [2.45, 2.75) is 4.90 Å². The Hall–Kier alpha value is -3.10. The molecule has 28 heavy (non-hydrogen) atoms. The van der Waals surface area contributed by atoms with E-state index < -0.39 is 10.0 Å². The third-order valence-corrected chi connectivity index (χ3v) is 5.90. The first-order valence-corrected chi connectivity index (χ1v) is 9.92. The van der Waals surface area contributed by atoms with Gasteiger partial charge in [-0.25, -0.2) is 8.42 Å². The van der Waals surface area contributed by atoms with Crippen LogP contribution in [0.4, 0.5) is 5.69 Å². The average Bonchev–Trinajstić information content (AvgIpc) is 3.15. The molecule has 8 heteroatoms. The fraction of sp³-hybridized carbons (Fsp3) is 0.150. The van der Waals surface area contributed by atoms with Crippen LogP contribution in [0.3, 0.4) is 0 Å². The van der Waals surface area contributed by atoms with Crippen molar-refractivity contribution >= 4 is 21.6 Å². The molecule has 0 aliphatic carbocycles. The monoisotopic (exact) mass is 400 g/mol. The van der Waals surface area contributed by atoms with Gasteiger partial charge in [0.1, 0.15) is 0 Å². The van der Waals surface area contributed by atoms with Crippen LogP contribution in [0.1, 0.15) is 10.4 Å². The van der Waals surface area contributed by atoms with Crippen molar-refractivity contribution in [2.75, 3.05) is 25.2 Å². The molecule has 7 nitrogen and oxygen atoms in total. The molecular weight excluding hydrogens is 380 g/mol. The van der Waals surface area contributed by atoms with Crippen LogP contribution in [-0.2, 0) is 10.0 Å². The predicted molar refractivity (Wildman–Crippen MR) is 106 cm³/mol. The summed E-state index contributed by atoms with van der Waals surface area (Å²) >= 11 is 0. The predicted octanol–water partition coefficient (Wildman–Crippen LogP) is 3.03. The van der Waals surface area contributed by atoms with E-state index in [1.54, 1.807) is 18.2 Å². The molecule has 0 fully saturated rings. The van der Waals surface area contributed by atoms with E-state index in [4.69, 9.17) is 9.47 Å². The topological polar surface area (TPSA) is 84.9 Å². The normalized spacial score (nSPS) is 12.6. The molecule has 146 valence electrons. The van der Waals surface area contributed by atoms with Gasteiger partial charge in [0.05, 0.1) is 4.90 Å². The molecule has 1 heterocycles. The zero-order valence-electron chi connectivity index (χ0n) is 15.1. The number of benzene rings is 2. The third-order valence-electron chi connectivity index (χ3n) is 4.05. The zero-order valence-corrected chi connectivity index (χ0v) is 15.9. The lowest BCUT2D eigenvalue weighted by molar-refractivity contribution is 0.102. The van der Waals surface area contributed by atoms with Crippen LogP contribution in [0.2, 0.25) is 0 Å². The van der Waals surface area contributed by atoms with Gasteiger partial charge >= 0.3 is 0 Å². The molecule has 0 saturated carbocycles. The minimum atomic E-state index is -3.70. The highest BCUT2D eigenvalue weighted by atomic mass is 32.2. The number of anilines is 1. The molecule has 1 amide bonds. The molecule has 1 N–H and O–H groups in total. The van der Waals surface area contributed by atoms with E-state index in [1.165, 1.54) is 40.7 Å². The molecule has 0 radical (unpaired) electrons. The maximum Gasteiger partial charge on any atom is 0.255 e. The molecule has 0 saturated heterocycles. The van der Waals surface area contributed by atoms with Gasteiger partial charge in [0.15, 0.2) is 11.5 Å². The Morgan fingerprint density at radius 3 is 2.32 bits per heavy atom. The van der Waals surface area contributed by atoms with Gasteiger partial charge in [0.25, 0.3) is 5.91 Å². The number of rotatable bonds is 8. The van der Waals surface area contributed by atoms with Gasteiger partial charge in [-0.1, -0.05) is 12.2 Å². The number of carbonyl (C=O) groups excluding carboxylic acids is 1. The Labute approximate surface area is 163 Å². The van der Waals surface area contributed by atoms with E-state index in [1.807, 2.05) is 0 Å². The second-order valence-corrected chi connectivity index (χ2v) is 7.88. The van der Waals surface area contributed by atoms with Crippen LogP contribution in [0.15, 0.2) is 72.7 Å². The smallest absolute Gasteiger partial charge is 0.255 e. The molecule has 0 unspecified atom stereocenters. The number of hydrogen-bond acceptors (Lipinski definition) is 5. The first-order valence-electron chi connectivity index (χ1n) is 8.48. The highest BCUT2D eigenvalue weighted by Gasteiger charge is 2.22. The number of ether oxygens (including phenoxy) is 2. The lowest BCUT2D eigenvalue weighted by atomic mass is 10.2. The van der Waals surface area contributed by atoms with Gasteiger partial charge < -0.3 is 14.8 Å². The van der Waals surface area contributed by atoms with Crippen molar-refractivity contribution in [1.82, 2.24) is 4.31 Å². The van der Waals surface area contributed by atoms with Gasteiger partial charge in [0, 0.05) is 30.4 Å². The molecule has 2 aromatic rings. The first-order chi connectivity index (χ1) is 13.5. The Morgan fingerprint density at radius 2 is 1.68 bits per heavy atom. The molecule has 2 aromatic carbocycles. The standard InChI is InChI=1S/C20H20N2O5S/c1-3-11-22(12-4-2)28(24,25)17-8-5-15(6-9-17)20(23)21-16-7-10-18-19(13-16)27-14-26-18/h3-10,13H,1-2,11-12,14H2,(H,21,23). The highest BCUT2D eigenvalue weighted by Crippen LogP contribution is 2.34. The number of amides is 1. The summed E-state index contributed by atoms with van der Waals surface area (Å²) in [6.45, 7) is 7.64. The lowest BCUT2D eigenvalue weighted by Crippen LogP contribution is -2.31. The van der Waals surface area contributed by atoms with Crippen molar-refractivity contribution < 1.29 is 22.7 Å². The minimum absolute atomic E-state index is 0.0934. The molecule has 3 rings (SSSR count). The molecule has 0 aromatic heterocycles. The Balaban J connectivity index is 1.75. The maximum atomic E-state index is 12.7. The van der Waals surface area contributed by atoms with E-state index >= 15 is 0 Å². The van der Waals surface area contributed by atoms with Crippen LogP contribution < -0.4 is 14.8 Å². The van der Waals surface area contributed by atoms with Crippen LogP contribution in [0.5, 0.6) is 11.5 Å². The quantitative estimate of drug-likeness (QED) is 0.689. The maximum absolute atomic E-state index is 12.7. The summed E-state index contributed by atoms with van der Waals surface area (Å²) in [5.41, 5.74) is 0.879. The van der Waals surface area contributed by atoms with Gasteiger partial charge in [-0.3, -0.25) is 4.79 Å². The summed E-state index contributed by atoms with van der Waals surface area (Å²) in [4.78, 5) is 12.5. The van der Waals surface area contributed by atoms with Crippen molar-refractivity contribution in [2.24, 2.45) is 0 Å². The van der Waals surface area contributed by atoms with Crippen molar-refractivity contribution in [1.29, 1.82) is 0 Å². The van der Waals surface area contributed by atoms with Gasteiger partial charge in [-0.05, 0) is 36.4 Å². The summed E-state index contributed by atoms with van der Waals surface area (Å²) in [5, 5.41) is 2.75. The van der Waals surface area contributed by atoms with E-state index in [9.17, 15) is 13.2 Å². The van der Waals surface area contributed by atoms with E-state index in [2.05, 4.69) is 18.5 Å². The fourth-order valence-corrected chi connectivity index (χ4v) is 4.05. The second kappa shape index (κ2) is 8.28. The molecule has 1 aliphatic heterocycles. The van der Waals surface area contributed by atoms with Gasteiger partial charge in [-0.15, -0.1) is 13.2 Å². The highest BCUT2D eigenvalue weighted by molar-refractivity contribution is 7.89. The van der Waals surface area contributed by atoms with Crippen LogP contribution in [-0.4, -0.2) is 38.5 Å². The molecular formula is C20H20N2O5S. The Bertz CT molecular complexity index is 990. The molecule has 0 atom stereocenters. The number of nitrogens with zero attached hydrogens (tertiary/aromatic N) is 1. The number of fused-ring (bicyclic) bond motifs is 1. The largest absolute Gasteiger partial charge is 0.454 e. The third kappa shape index (κ3) is 4.08. The van der Waals surface area contributed by atoms with Gasteiger partial charge in [0.2, 0.25) is 16.8 Å². The summed E-state index contributed by atoms with van der Waals surface area (Å²) in [6, 6.07) is 10.8. The van der Waals surface area contributed by atoms with Crippen molar-refractivity contribution in [3.63, 3.8) is 0 Å². The Morgan fingerprint density at radius 1 is 1.04 bits per heavy atom. The first kappa shape index (κ1) is 19.7. The van der Waals surface area contributed by atoms with E-state index in [-0.39, 0.29) is 30.7 Å². The number of hydrogen-bond donors (Lipinski definition) is 1. The van der Waals surface area contributed by atoms with Crippen LogP contribution in [0, 0.1) is 0 Å². The molecule has 0 bridgehead atoms. The number of nitrogens with one attached hydrogen (secondary N) is 1. The summed E-state index contributed by atoms with van der Waals surface area (Å²) < 4.78 is 37.2. The average molecular weight is 400 g/mol. The van der Waals surface area contributed by atoms with E-state index in [0.717, 1.165) is 0 Å². The SMILES string of the molecule is C=CCN(CC=C)S(=O)(=O)c1ccc(C(=O)Nc2ccc3c(c2)OCO3)cc1. The van der Waals surface area contributed by atoms with Gasteiger partial charge in [-0.2, -0.15) is 4.31 Å². The molecule has 0 spiro atoms. The van der Waals surface area contributed by atoms with Crippen LogP contribution >= 0.6 is 0 Å². The summed E-state index contributed by atoms with van der Waals surface area (Å²) in [7, 11) is -3.70. The zero-order chi connectivity index (χ0) is 20.1. The van der Waals surface area contributed by atoms with Crippen molar-refractivity contribution in [3.05, 3.63) is 73.3 Å². The van der Waals surface area contributed by atoms with Crippen molar-refractivity contribution in [3.8, 4) is 11.5 Å².